The van der Waals surface area contributed by atoms with Gasteiger partial charge in [0.05, 0.1) is 25.4 Å². The lowest BCUT2D eigenvalue weighted by molar-refractivity contribution is -0.302. The van der Waals surface area contributed by atoms with Crippen LogP contribution in [-0.4, -0.2) is 87.5 Å². The van der Waals surface area contributed by atoms with E-state index in [0.29, 0.717) is 12.8 Å². The van der Waals surface area contributed by atoms with Gasteiger partial charge in [-0.15, -0.1) is 0 Å². The number of aliphatic hydroxyl groups is 5. The van der Waals surface area contributed by atoms with Gasteiger partial charge in [0.25, 0.3) is 0 Å². The van der Waals surface area contributed by atoms with Crippen LogP contribution in [0.15, 0.2) is 72.9 Å². The molecule has 0 aromatic heterocycles. The summed E-state index contributed by atoms with van der Waals surface area (Å²) in [6, 6.07) is -0.720. The Kier molecular flexibility index (Phi) is 52.7. The van der Waals surface area contributed by atoms with Crippen LogP contribution in [0.3, 0.4) is 0 Å². The van der Waals surface area contributed by atoms with Crippen molar-refractivity contribution in [1.82, 2.24) is 5.32 Å². The fourth-order valence-corrected chi connectivity index (χ4v) is 10.1. The molecule has 0 radical (unpaired) electrons. The maximum atomic E-state index is 13.1. The molecule has 0 spiro atoms. The van der Waals surface area contributed by atoms with Crippen molar-refractivity contribution in [3.8, 4) is 0 Å². The van der Waals surface area contributed by atoms with E-state index >= 15 is 0 Å². The van der Waals surface area contributed by atoms with E-state index in [-0.39, 0.29) is 12.5 Å². The van der Waals surface area contributed by atoms with Crippen molar-refractivity contribution in [2.45, 2.75) is 333 Å². The van der Waals surface area contributed by atoms with Crippen molar-refractivity contribution < 1.29 is 39.8 Å². The molecule has 1 rings (SSSR count). The first kappa shape index (κ1) is 71.6. The average Bonchev–Trinajstić information content (AvgIpc) is 3.42. The lowest BCUT2D eigenvalue weighted by Gasteiger charge is -2.40. The third-order valence-electron chi connectivity index (χ3n) is 15.1. The first-order valence-electron chi connectivity index (χ1n) is 32.1. The van der Waals surface area contributed by atoms with Gasteiger partial charge in [-0.3, -0.25) is 4.79 Å². The van der Waals surface area contributed by atoms with Gasteiger partial charge in [0.1, 0.15) is 24.4 Å². The number of carbonyl (C=O) groups is 1. The van der Waals surface area contributed by atoms with Gasteiger partial charge in [-0.25, -0.2) is 0 Å². The highest BCUT2D eigenvalue weighted by Crippen LogP contribution is 2.23. The third-order valence-corrected chi connectivity index (χ3v) is 15.1. The molecule has 0 aromatic carbocycles. The molecule has 76 heavy (non-hydrogen) atoms. The summed E-state index contributed by atoms with van der Waals surface area (Å²) in [6.07, 6.45) is 70.9. The van der Waals surface area contributed by atoms with E-state index in [1.54, 1.807) is 0 Å². The Morgan fingerprint density at radius 2 is 0.816 bits per heavy atom. The lowest BCUT2D eigenvalue weighted by atomic mass is 9.99. The maximum absolute atomic E-state index is 13.1. The van der Waals surface area contributed by atoms with E-state index in [2.05, 4.69) is 92.1 Å². The molecular weight excluding hydrogens is 947 g/mol. The third kappa shape index (κ3) is 44.5. The van der Waals surface area contributed by atoms with E-state index in [9.17, 15) is 30.3 Å². The summed E-state index contributed by atoms with van der Waals surface area (Å²) in [5.41, 5.74) is 0. The normalized spacial score (nSPS) is 19.3. The highest BCUT2D eigenvalue weighted by molar-refractivity contribution is 5.76. The topological polar surface area (TPSA) is 149 Å². The van der Waals surface area contributed by atoms with Crippen LogP contribution in [-0.2, 0) is 14.3 Å². The Labute approximate surface area is 468 Å². The van der Waals surface area contributed by atoms with Crippen LogP contribution in [0, 0.1) is 0 Å². The minimum atomic E-state index is -1.55. The molecule has 1 fully saturated rings. The summed E-state index contributed by atoms with van der Waals surface area (Å²) in [6.45, 7) is 3.75. The molecule has 442 valence electrons. The molecule has 0 aliphatic carbocycles. The second-order valence-electron chi connectivity index (χ2n) is 22.2. The Bertz CT molecular complexity index is 1420. The zero-order chi connectivity index (χ0) is 55.0. The van der Waals surface area contributed by atoms with Gasteiger partial charge >= 0.3 is 0 Å². The van der Waals surface area contributed by atoms with Crippen LogP contribution < -0.4 is 5.32 Å². The number of allylic oxidation sites excluding steroid dienone is 12. The number of hydrogen-bond acceptors (Lipinski definition) is 8. The standard InChI is InChI=1S/C67H121NO8/c1-3-5-7-9-11-13-15-17-19-21-22-23-24-25-26-27-28-29-30-31-32-33-34-35-36-37-38-39-40-41-43-45-47-49-51-53-55-57-63(71)68-60(59-75-67-66(74)65(73)64(72)62(58-69)76-67)61(70)56-54-52-50-48-46-44-42-20-18-16-14-12-10-8-6-4-2/h5,7,11,13,17,19,22-23,25-26,28-29,60-62,64-67,69-70,72-74H,3-4,6,8-10,12,14-16,18,20-21,24,27,30-59H2,1-2H3,(H,68,71)/b7-5-,13-11-,19-17-,23-22-,26-25-,29-28-. The molecule has 0 saturated carbocycles. The van der Waals surface area contributed by atoms with Gasteiger partial charge in [-0.1, -0.05) is 292 Å². The summed E-state index contributed by atoms with van der Waals surface area (Å²) in [7, 11) is 0. The monoisotopic (exact) mass is 1070 g/mol. The minimum absolute atomic E-state index is 0.137. The number of amides is 1. The van der Waals surface area contributed by atoms with Crippen molar-refractivity contribution in [1.29, 1.82) is 0 Å². The molecule has 9 heteroatoms. The van der Waals surface area contributed by atoms with Crippen LogP contribution >= 0.6 is 0 Å². The molecule has 0 bridgehead atoms. The van der Waals surface area contributed by atoms with Crippen molar-refractivity contribution >= 4 is 5.91 Å². The molecule has 6 N–H and O–H groups in total. The van der Waals surface area contributed by atoms with E-state index in [1.165, 1.54) is 186 Å². The smallest absolute Gasteiger partial charge is 0.220 e. The van der Waals surface area contributed by atoms with Crippen molar-refractivity contribution in [2.75, 3.05) is 13.2 Å². The summed E-state index contributed by atoms with van der Waals surface area (Å²) >= 11 is 0. The van der Waals surface area contributed by atoms with Crippen molar-refractivity contribution in [3.63, 3.8) is 0 Å². The van der Waals surface area contributed by atoms with Gasteiger partial charge in [0.15, 0.2) is 6.29 Å². The number of hydrogen-bond donors (Lipinski definition) is 6. The van der Waals surface area contributed by atoms with E-state index in [4.69, 9.17) is 9.47 Å². The fraction of sp³-hybridized carbons (Fsp3) is 0.806. The largest absolute Gasteiger partial charge is 0.394 e. The second kappa shape index (κ2) is 55.9. The zero-order valence-electron chi connectivity index (χ0n) is 49.3. The molecule has 7 unspecified atom stereocenters. The molecule has 7 atom stereocenters. The van der Waals surface area contributed by atoms with Crippen molar-refractivity contribution in [2.24, 2.45) is 0 Å². The molecule has 1 saturated heterocycles. The molecule has 1 aliphatic rings. The Morgan fingerprint density at radius 3 is 1.21 bits per heavy atom. The van der Waals surface area contributed by atoms with Crippen LogP contribution in [0.5, 0.6) is 0 Å². The number of rotatable bonds is 55. The number of unbranched alkanes of at least 4 members (excludes halogenated alkanes) is 33. The zero-order valence-corrected chi connectivity index (χ0v) is 49.3. The van der Waals surface area contributed by atoms with Gasteiger partial charge in [-0.2, -0.15) is 0 Å². The lowest BCUT2D eigenvalue weighted by Crippen LogP contribution is -2.60. The van der Waals surface area contributed by atoms with Crippen molar-refractivity contribution in [3.05, 3.63) is 72.9 Å². The van der Waals surface area contributed by atoms with Crippen LogP contribution in [0.2, 0.25) is 0 Å². The van der Waals surface area contributed by atoms with Crippen LogP contribution in [0.1, 0.15) is 290 Å². The van der Waals surface area contributed by atoms with Gasteiger partial charge in [-0.05, 0) is 64.2 Å². The highest BCUT2D eigenvalue weighted by atomic mass is 16.7. The van der Waals surface area contributed by atoms with E-state index in [0.717, 1.165) is 77.0 Å². The van der Waals surface area contributed by atoms with Gasteiger partial charge in [0, 0.05) is 6.42 Å². The van der Waals surface area contributed by atoms with Gasteiger partial charge in [0.2, 0.25) is 5.91 Å². The van der Waals surface area contributed by atoms with E-state index < -0.39 is 49.5 Å². The predicted octanol–water partition coefficient (Wildman–Crippen LogP) is 16.8. The minimum Gasteiger partial charge on any atom is -0.394 e. The van der Waals surface area contributed by atoms with Crippen LogP contribution in [0.25, 0.3) is 0 Å². The summed E-state index contributed by atoms with van der Waals surface area (Å²) in [5.74, 6) is -0.142. The molecule has 1 aliphatic heterocycles. The first-order chi connectivity index (χ1) is 37.3. The number of nitrogens with one attached hydrogen (secondary N) is 1. The molecular formula is C67H121NO8. The summed E-state index contributed by atoms with van der Waals surface area (Å²) < 4.78 is 11.3. The maximum Gasteiger partial charge on any atom is 0.220 e. The fourth-order valence-electron chi connectivity index (χ4n) is 10.1. The summed E-state index contributed by atoms with van der Waals surface area (Å²) in [5, 5.41) is 54.7. The molecule has 1 amide bonds. The first-order valence-corrected chi connectivity index (χ1v) is 32.1. The Balaban J connectivity index is 2.08. The number of ether oxygens (including phenoxy) is 2. The second-order valence-corrected chi connectivity index (χ2v) is 22.2. The quantitative estimate of drug-likeness (QED) is 0.0261. The Morgan fingerprint density at radius 1 is 0.461 bits per heavy atom. The molecule has 0 aromatic rings. The molecule has 1 heterocycles. The number of aliphatic hydroxyl groups excluding tert-OH is 5. The number of carbonyl (C=O) groups excluding carboxylic acids is 1. The SMILES string of the molecule is CC/C=C\C/C=C\C/C=C\C/C=C\C/C=C\C/C=C\CCCCCCCCCCCCCCCCCCCCC(=O)NC(COC1OC(CO)C(O)C(O)C1O)C(O)CCCCCCCCCCCCCCCCCC. The molecule has 9 nitrogen and oxygen atoms in total. The highest BCUT2D eigenvalue weighted by Gasteiger charge is 2.44. The average molecular weight is 1070 g/mol. The predicted molar refractivity (Wildman–Crippen MR) is 322 cm³/mol. The van der Waals surface area contributed by atoms with E-state index in [1.807, 2.05) is 0 Å². The summed E-state index contributed by atoms with van der Waals surface area (Å²) in [4.78, 5) is 13.1. The van der Waals surface area contributed by atoms with Gasteiger partial charge < -0.3 is 40.3 Å². The Hall–Kier alpha value is -2.37. The van der Waals surface area contributed by atoms with Crippen LogP contribution in [0.4, 0.5) is 0 Å².